The molecule has 9 nitrogen and oxygen atoms in total. The van der Waals surface area contributed by atoms with Gasteiger partial charge in [0.1, 0.15) is 0 Å². The van der Waals surface area contributed by atoms with Crippen LogP contribution in [0.1, 0.15) is 0 Å². The molecule has 0 aromatic carbocycles. The van der Waals surface area contributed by atoms with Crippen molar-refractivity contribution >= 4 is 12.3 Å². The minimum atomic E-state index is -2.51. The molecule has 0 heterocycles. The molecule has 0 saturated heterocycles. The first kappa shape index (κ1) is 22.5. The van der Waals surface area contributed by atoms with Gasteiger partial charge in [0.05, 0.1) is 0 Å². The molecule has 0 saturated carbocycles. The SMILES string of the molecule is N.O=C(O)O.O=C(O)O.[O]=[U]=[O]. The molecule has 0 aromatic rings. The van der Waals surface area contributed by atoms with E-state index in [0.29, 0.717) is 0 Å². The molecule has 0 spiro atoms. The van der Waals surface area contributed by atoms with E-state index in [4.69, 9.17) is 34.5 Å². The average molecular weight is 411 g/mol. The van der Waals surface area contributed by atoms with E-state index >= 15 is 0 Å². The molecule has 0 atom stereocenters. The van der Waals surface area contributed by atoms with Crippen LogP contribution in [0.3, 0.4) is 0 Å². The van der Waals surface area contributed by atoms with Gasteiger partial charge in [0, 0.05) is 0 Å². The first-order valence-electron chi connectivity index (χ1n) is 1.71. The van der Waals surface area contributed by atoms with Crippen molar-refractivity contribution < 1.29 is 62.3 Å². The summed E-state index contributed by atoms with van der Waals surface area (Å²) in [5.74, 6) is 0. The van der Waals surface area contributed by atoms with E-state index in [2.05, 4.69) is 0 Å². The third-order valence-corrected chi connectivity index (χ3v) is 0. The van der Waals surface area contributed by atoms with Gasteiger partial charge in [-0.2, -0.15) is 0 Å². The third kappa shape index (κ3) is 846. The van der Waals surface area contributed by atoms with Gasteiger partial charge in [-0.15, -0.1) is 0 Å². The van der Waals surface area contributed by atoms with E-state index < -0.39 is 40.1 Å². The summed E-state index contributed by atoms with van der Waals surface area (Å²) in [4.78, 5) is 17.1. The third-order valence-electron chi connectivity index (χ3n) is 0. The summed E-state index contributed by atoms with van der Waals surface area (Å²) in [5, 5.41) is 27.9. The zero-order chi connectivity index (χ0) is 9.86. The number of carboxylic acid groups (broad SMARTS) is 4. The van der Waals surface area contributed by atoms with Crippen LogP contribution >= 0.6 is 0 Å². The molecule has 0 aliphatic rings. The predicted molar refractivity (Wildman–Crippen MR) is 27.7 cm³/mol. The molecule has 0 aromatic heterocycles. The van der Waals surface area contributed by atoms with Crippen molar-refractivity contribution in [3.63, 3.8) is 0 Å². The zero-order valence-corrected chi connectivity index (χ0v) is 9.79. The Bertz CT molecular complexity index is 129. The van der Waals surface area contributed by atoms with Crippen LogP contribution in [0.4, 0.5) is 9.59 Å². The second-order valence-electron chi connectivity index (χ2n) is 0.648. The van der Waals surface area contributed by atoms with Crippen LogP contribution in [0, 0.1) is 27.8 Å². The molecule has 7 N–H and O–H groups in total. The van der Waals surface area contributed by atoms with Gasteiger partial charge < -0.3 is 26.6 Å². The summed E-state index contributed by atoms with van der Waals surface area (Å²) < 4.78 is 17.2. The average Bonchev–Trinajstić information content (AvgIpc) is 1.60. The fourth-order valence-corrected chi connectivity index (χ4v) is 0. The minimum absolute atomic E-state index is 0. The molecule has 0 unspecified atom stereocenters. The van der Waals surface area contributed by atoms with Crippen LogP contribution in [0.25, 0.3) is 0 Å². The summed E-state index contributed by atoms with van der Waals surface area (Å²) in [6.07, 6.45) is -3.67. The van der Waals surface area contributed by atoms with Crippen LogP contribution in [-0.2, 0) is 4.47 Å². The van der Waals surface area contributed by atoms with Crippen molar-refractivity contribution in [3.05, 3.63) is 0 Å². The zero-order valence-electron chi connectivity index (χ0n) is 5.63. The van der Waals surface area contributed by atoms with Gasteiger partial charge >= 0.3 is 44.6 Å². The first-order chi connectivity index (χ1) is 4.88. The molecular weight excluding hydrogens is 404 g/mol. The Morgan fingerprint density at radius 3 is 0.833 bits per heavy atom. The molecule has 0 amide bonds. The molecule has 0 aliphatic carbocycles. The van der Waals surface area contributed by atoms with E-state index in [1.54, 1.807) is 0 Å². The maximum atomic E-state index is 8.58. The summed E-state index contributed by atoms with van der Waals surface area (Å²) in [7, 11) is 0. The normalized spacial score (nSPS) is 4.67. The van der Waals surface area contributed by atoms with Gasteiger partial charge in [0.25, 0.3) is 0 Å². The van der Waals surface area contributed by atoms with Crippen molar-refractivity contribution in [3.8, 4) is 0 Å². The van der Waals surface area contributed by atoms with Crippen LogP contribution in [-0.4, -0.2) is 32.7 Å². The summed E-state index contributed by atoms with van der Waals surface area (Å²) in [6, 6.07) is 0. The second-order valence-corrected chi connectivity index (χ2v) is 1.34. The Labute approximate surface area is 80.8 Å². The molecule has 72 valence electrons. The van der Waals surface area contributed by atoms with E-state index in [-0.39, 0.29) is 6.15 Å². The van der Waals surface area contributed by atoms with Gasteiger partial charge in [-0.25, -0.2) is 9.59 Å². The summed E-state index contributed by atoms with van der Waals surface area (Å²) in [6.45, 7) is 0. The van der Waals surface area contributed by atoms with Crippen LogP contribution < -0.4 is 6.15 Å². The van der Waals surface area contributed by atoms with E-state index in [0.717, 1.165) is 0 Å². The Hall–Kier alpha value is -0.848. The molecule has 0 aliphatic heterocycles. The fraction of sp³-hybridized carbons (Fsp3) is 0. The first-order valence-corrected chi connectivity index (χ1v) is 5.11. The van der Waals surface area contributed by atoms with E-state index in [9.17, 15) is 0 Å². The monoisotopic (exact) mass is 411 g/mol. The van der Waals surface area contributed by atoms with E-state index in [1.807, 2.05) is 0 Å². The standard InChI is InChI=1S/2CH2O3.H3N.2O.U/c2*2-1(3)4;;;;/h2*(H2,2,3,4);1H3;;;. The summed E-state index contributed by atoms with van der Waals surface area (Å²) >= 11 is -2.51. The Morgan fingerprint density at radius 2 is 0.833 bits per heavy atom. The number of carbonyl (C=O) groups is 2. The number of hydrogen-bond acceptors (Lipinski definition) is 5. The van der Waals surface area contributed by atoms with Gasteiger partial charge in [-0.05, 0) is 0 Å². The second kappa shape index (κ2) is 22.5. The van der Waals surface area contributed by atoms with Crippen molar-refractivity contribution in [2.75, 3.05) is 0 Å². The van der Waals surface area contributed by atoms with Crippen LogP contribution in [0.2, 0.25) is 0 Å². The maximum absolute atomic E-state index is 8.58. The topological polar surface area (TPSA) is 184 Å². The number of hydrogen-bond donors (Lipinski definition) is 5. The molecule has 0 fully saturated rings. The van der Waals surface area contributed by atoms with Gasteiger partial charge in [0.15, 0.2) is 0 Å². The fourth-order valence-electron chi connectivity index (χ4n) is 0. The van der Waals surface area contributed by atoms with Crippen molar-refractivity contribution in [2.45, 2.75) is 0 Å². The van der Waals surface area contributed by atoms with Gasteiger partial charge in [-0.3, -0.25) is 0 Å². The van der Waals surface area contributed by atoms with Gasteiger partial charge in [0.2, 0.25) is 0 Å². The van der Waals surface area contributed by atoms with Crippen molar-refractivity contribution in [1.29, 1.82) is 0 Å². The molecule has 0 bridgehead atoms. The summed E-state index contributed by atoms with van der Waals surface area (Å²) in [5.41, 5.74) is 0. The molecule has 0 rings (SSSR count). The quantitative estimate of drug-likeness (QED) is 0.376. The van der Waals surface area contributed by atoms with E-state index in [1.165, 1.54) is 0 Å². The molecular formula is C2H7NO8U. The molecule has 12 heavy (non-hydrogen) atoms. The van der Waals surface area contributed by atoms with Crippen LogP contribution in [0.5, 0.6) is 0 Å². The Morgan fingerprint density at radius 1 is 0.833 bits per heavy atom. The molecule has 10 heteroatoms. The number of rotatable bonds is 0. The predicted octanol–water partition coefficient (Wildman–Crippen LogP) is 0.369. The Balaban J connectivity index is -0.0000000389. The van der Waals surface area contributed by atoms with Gasteiger partial charge in [-0.1, -0.05) is 0 Å². The van der Waals surface area contributed by atoms with Crippen molar-refractivity contribution in [2.24, 2.45) is 0 Å². The van der Waals surface area contributed by atoms with Crippen LogP contribution in [0.15, 0.2) is 0 Å². The molecule has 0 radical (unpaired) electrons. The van der Waals surface area contributed by atoms with Crippen molar-refractivity contribution in [1.82, 2.24) is 6.15 Å². The Kier molecular flexibility index (Phi) is 42.1.